The molecule has 3 heteroatoms. The second kappa shape index (κ2) is 5.64. The van der Waals surface area contributed by atoms with Gasteiger partial charge in [-0.25, -0.2) is 0 Å². The zero-order chi connectivity index (χ0) is 12.1. The summed E-state index contributed by atoms with van der Waals surface area (Å²) in [5.74, 6) is 0.666. The standard InChI is InChI=1S/C13H20N2O/c1-10(2)7-8-15(4)13(16)12-6-5-11(3)14-9-12/h5-6,9-10H,7-8H2,1-4H3. The van der Waals surface area contributed by atoms with E-state index in [2.05, 4.69) is 18.8 Å². The zero-order valence-electron chi connectivity index (χ0n) is 10.5. The average molecular weight is 220 g/mol. The summed E-state index contributed by atoms with van der Waals surface area (Å²) in [4.78, 5) is 17.8. The first-order valence-electron chi connectivity index (χ1n) is 5.69. The number of hydrogen-bond acceptors (Lipinski definition) is 2. The Labute approximate surface area is 97.5 Å². The summed E-state index contributed by atoms with van der Waals surface area (Å²) >= 11 is 0. The van der Waals surface area contributed by atoms with Crippen LogP contribution < -0.4 is 0 Å². The molecule has 0 aromatic carbocycles. The molecule has 1 rings (SSSR count). The first-order chi connectivity index (χ1) is 7.50. The van der Waals surface area contributed by atoms with Crippen LogP contribution in [0.1, 0.15) is 36.3 Å². The Bertz CT molecular complexity index is 343. The number of amides is 1. The predicted octanol–water partition coefficient (Wildman–Crippen LogP) is 2.51. The molecule has 3 nitrogen and oxygen atoms in total. The van der Waals surface area contributed by atoms with Crippen LogP contribution in [0.5, 0.6) is 0 Å². The van der Waals surface area contributed by atoms with E-state index >= 15 is 0 Å². The van der Waals surface area contributed by atoms with Gasteiger partial charge in [0.25, 0.3) is 5.91 Å². The molecule has 1 aromatic rings. The topological polar surface area (TPSA) is 33.2 Å². The van der Waals surface area contributed by atoms with E-state index in [4.69, 9.17) is 0 Å². The van der Waals surface area contributed by atoms with Crippen LogP contribution in [0.4, 0.5) is 0 Å². The third-order valence-electron chi connectivity index (χ3n) is 2.55. The van der Waals surface area contributed by atoms with Crippen LogP contribution in [-0.4, -0.2) is 29.4 Å². The maximum absolute atomic E-state index is 12.0. The van der Waals surface area contributed by atoms with Crippen molar-refractivity contribution in [1.29, 1.82) is 0 Å². The fraction of sp³-hybridized carbons (Fsp3) is 0.538. The van der Waals surface area contributed by atoms with Gasteiger partial charge in [0, 0.05) is 25.5 Å². The summed E-state index contributed by atoms with van der Waals surface area (Å²) in [5, 5.41) is 0. The van der Waals surface area contributed by atoms with Crippen molar-refractivity contribution in [2.24, 2.45) is 5.92 Å². The van der Waals surface area contributed by atoms with Gasteiger partial charge in [-0.05, 0) is 31.4 Å². The minimum Gasteiger partial charge on any atom is -0.342 e. The van der Waals surface area contributed by atoms with Crippen LogP contribution >= 0.6 is 0 Å². The highest BCUT2D eigenvalue weighted by molar-refractivity contribution is 5.93. The third-order valence-corrected chi connectivity index (χ3v) is 2.55. The van der Waals surface area contributed by atoms with Gasteiger partial charge in [0.15, 0.2) is 0 Å². The lowest BCUT2D eigenvalue weighted by atomic mass is 10.1. The van der Waals surface area contributed by atoms with Crippen LogP contribution in [-0.2, 0) is 0 Å². The third kappa shape index (κ3) is 3.65. The Kier molecular flexibility index (Phi) is 4.47. The molecular formula is C13H20N2O. The molecule has 88 valence electrons. The first-order valence-corrected chi connectivity index (χ1v) is 5.69. The van der Waals surface area contributed by atoms with Crippen molar-refractivity contribution in [2.75, 3.05) is 13.6 Å². The van der Waals surface area contributed by atoms with Crippen molar-refractivity contribution in [3.63, 3.8) is 0 Å². The van der Waals surface area contributed by atoms with E-state index in [1.165, 1.54) is 0 Å². The summed E-state index contributed by atoms with van der Waals surface area (Å²) in [5.41, 5.74) is 1.60. The van der Waals surface area contributed by atoms with Gasteiger partial charge in [-0.2, -0.15) is 0 Å². The average Bonchev–Trinajstić information content (AvgIpc) is 2.26. The van der Waals surface area contributed by atoms with Crippen LogP contribution in [0.2, 0.25) is 0 Å². The number of hydrogen-bond donors (Lipinski definition) is 0. The molecule has 0 spiro atoms. The second-order valence-electron chi connectivity index (χ2n) is 4.60. The molecule has 16 heavy (non-hydrogen) atoms. The van der Waals surface area contributed by atoms with Gasteiger partial charge >= 0.3 is 0 Å². The molecule has 0 radical (unpaired) electrons. The van der Waals surface area contributed by atoms with Gasteiger partial charge in [0.2, 0.25) is 0 Å². The highest BCUT2D eigenvalue weighted by atomic mass is 16.2. The van der Waals surface area contributed by atoms with Crippen molar-refractivity contribution in [1.82, 2.24) is 9.88 Å². The van der Waals surface area contributed by atoms with E-state index in [-0.39, 0.29) is 5.91 Å². The summed E-state index contributed by atoms with van der Waals surface area (Å²) in [6.45, 7) is 7.03. The summed E-state index contributed by atoms with van der Waals surface area (Å²) in [6.07, 6.45) is 2.67. The Morgan fingerprint density at radius 2 is 2.12 bits per heavy atom. The Morgan fingerprint density at radius 1 is 1.44 bits per heavy atom. The maximum Gasteiger partial charge on any atom is 0.255 e. The van der Waals surface area contributed by atoms with Crippen LogP contribution in [0.25, 0.3) is 0 Å². The van der Waals surface area contributed by atoms with Gasteiger partial charge < -0.3 is 4.90 Å². The lowest BCUT2D eigenvalue weighted by Gasteiger charge is -2.18. The highest BCUT2D eigenvalue weighted by Gasteiger charge is 2.11. The Balaban J connectivity index is 2.60. The minimum atomic E-state index is 0.0492. The quantitative estimate of drug-likeness (QED) is 0.781. The lowest BCUT2D eigenvalue weighted by Crippen LogP contribution is -2.28. The molecule has 0 aliphatic heterocycles. The Morgan fingerprint density at radius 3 is 2.62 bits per heavy atom. The number of carbonyl (C=O) groups excluding carboxylic acids is 1. The van der Waals surface area contributed by atoms with E-state index < -0.39 is 0 Å². The second-order valence-corrected chi connectivity index (χ2v) is 4.60. The normalized spacial score (nSPS) is 10.6. The number of aryl methyl sites for hydroxylation is 1. The smallest absolute Gasteiger partial charge is 0.255 e. The van der Waals surface area contributed by atoms with Crippen molar-refractivity contribution in [3.05, 3.63) is 29.6 Å². The first kappa shape index (κ1) is 12.7. The van der Waals surface area contributed by atoms with Gasteiger partial charge in [0.1, 0.15) is 0 Å². The molecule has 0 aliphatic carbocycles. The fourth-order valence-electron chi connectivity index (χ4n) is 1.37. The predicted molar refractivity (Wildman–Crippen MR) is 65.4 cm³/mol. The van der Waals surface area contributed by atoms with Crippen molar-refractivity contribution in [2.45, 2.75) is 27.2 Å². The molecular weight excluding hydrogens is 200 g/mol. The summed E-state index contributed by atoms with van der Waals surface area (Å²) in [6, 6.07) is 3.69. The molecule has 1 heterocycles. The van der Waals surface area contributed by atoms with Crippen LogP contribution in [0, 0.1) is 12.8 Å². The van der Waals surface area contributed by atoms with Crippen molar-refractivity contribution >= 4 is 5.91 Å². The SMILES string of the molecule is Cc1ccc(C(=O)N(C)CCC(C)C)cn1. The van der Waals surface area contributed by atoms with Gasteiger partial charge in [-0.3, -0.25) is 9.78 Å². The number of nitrogens with zero attached hydrogens (tertiary/aromatic N) is 2. The monoisotopic (exact) mass is 220 g/mol. The molecule has 0 bridgehead atoms. The molecule has 0 fully saturated rings. The summed E-state index contributed by atoms with van der Waals surface area (Å²) in [7, 11) is 1.84. The lowest BCUT2D eigenvalue weighted by molar-refractivity contribution is 0.0789. The minimum absolute atomic E-state index is 0.0492. The van der Waals surface area contributed by atoms with Gasteiger partial charge in [-0.15, -0.1) is 0 Å². The number of carbonyl (C=O) groups is 1. The maximum atomic E-state index is 12.0. The van der Waals surface area contributed by atoms with Crippen LogP contribution in [0.15, 0.2) is 18.3 Å². The van der Waals surface area contributed by atoms with E-state index in [9.17, 15) is 4.79 Å². The molecule has 0 saturated carbocycles. The molecule has 0 saturated heterocycles. The van der Waals surface area contributed by atoms with Crippen molar-refractivity contribution < 1.29 is 4.79 Å². The van der Waals surface area contributed by atoms with Gasteiger partial charge in [-0.1, -0.05) is 13.8 Å². The van der Waals surface area contributed by atoms with Gasteiger partial charge in [0.05, 0.1) is 5.56 Å². The summed E-state index contributed by atoms with van der Waals surface area (Å²) < 4.78 is 0. The largest absolute Gasteiger partial charge is 0.342 e. The number of rotatable bonds is 4. The van der Waals surface area contributed by atoms with E-state index in [1.807, 2.05) is 26.1 Å². The molecule has 0 atom stereocenters. The molecule has 0 unspecified atom stereocenters. The Hall–Kier alpha value is -1.38. The van der Waals surface area contributed by atoms with Crippen molar-refractivity contribution in [3.8, 4) is 0 Å². The molecule has 1 aromatic heterocycles. The number of aromatic nitrogens is 1. The molecule has 0 N–H and O–H groups in total. The fourth-order valence-corrected chi connectivity index (χ4v) is 1.37. The van der Waals surface area contributed by atoms with E-state index in [0.717, 1.165) is 18.7 Å². The molecule has 0 aliphatic rings. The zero-order valence-corrected chi connectivity index (χ0v) is 10.5. The number of pyridine rings is 1. The van der Waals surface area contributed by atoms with E-state index in [0.29, 0.717) is 11.5 Å². The van der Waals surface area contributed by atoms with E-state index in [1.54, 1.807) is 11.1 Å². The molecule has 1 amide bonds. The highest BCUT2D eigenvalue weighted by Crippen LogP contribution is 2.06. The van der Waals surface area contributed by atoms with Crippen LogP contribution in [0.3, 0.4) is 0 Å².